The van der Waals surface area contributed by atoms with Gasteiger partial charge < -0.3 is 10.2 Å². The Morgan fingerprint density at radius 1 is 1.10 bits per heavy atom. The number of pyridine rings is 1. The lowest BCUT2D eigenvalue weighted by molar-refractivity contribution is 0.672. The van der Waals surface area contributed by atoms with Crippen molar-refractivity contribution in [2.24, 2.45) is 0 Å². The minimum absolute atomic E-state index is 0.944. The number of hydrogen-bond donors (Lipinski definition) is 1. The van der Waals surface area contributed by atoms with E-state index in [9.17, 15) is 0 Å². The van der Waals surface area contributed by atoms with Gasteiger partial charge in [-0.3, -0.25) is 0 Å². The summed E-state index contributed by atoms with van der Waals surface area (Å²) in [4.78, 5) is 7.05. The van der Waals surface area contributed by atoms with Crippen molar-refractivity contribution in [3.05, 3.63) is 23.4 Å². The fourth-order valence-corrected chi connectivity index (χ4v) is 2.23. The highest BCUT2D eigenvalue weighted by Crippen LogP contribution is 2.15. The Hall–Kier alpha value is -1.09. The maximum absolute atomic E-state index is 4.76. The summed E-state index contributed by atoms with van der Waals surface area (Å²) in [7, 11) is 2.15. The van der Waals surface area contributed by atoms with E-state index >= 15 is 0 Å². The smallest absolute Gasteiger partial charge is 0.128 e. The molecule has 0 unspecified atom stereocenters. The van der Waals surface area contributed by atoms with Crippen molar-refractivity contribution in [3.63, 3.8) is 0 Å². The van der Waals surface area contributed by atoms with Gasteiger partial charge in [0.25, 0.3) is 0 Å². The molecule has 0 spiro atoms. The van der Waals surface area contributed by atoms with E-state index in [1.807, 2.05) is 0 Å². The Morgan fingerprint density at radius 2 is 1.90 bits per heavy atom. The Morgan fingerprint density at radius 3 is 2.55 bits per heavy atom. The average molecular weight is 277 g/mol. The van der Waals surface area contributed by atoms with Crippen molar-refractivity contribution in [1.82, 2.24) is 10.3 Å². The summed E-state index contributed by atoms with van der Waals surface area (Å²) in [5.74, 6) is 1.12. The minimum Gasteiger partial charge on any atom is -0.360 e. The van der Waals surface area contributed by atoms with Gasteiger partial charge in [0.15, 0.2) is 0 Å². The van der Waals surface area contributed by atoms with Crippen LogP contribution >= 0.6 is 0 Å². The van der Waals surface area contributed by atoms with E-state index in [0.717, 1.165) is 31.9 Å². The molecule has 0 aliphatic heterocycles. The SMILES string of the molecule is CCCCCN(C)c1cc(CNCCC)cc(CC)n1. The molecule has 0 bridgehead atoms. The number of hydrogen-bond acceptors (Lipinski definition) is 3. The van der Waals surface area contributed by atoms with Crippen LogP contribution in [-0.2, 0) is 13.0 Å². The number of nitrogens with one attached hydrogen (secondary N) is 1. The second-order valence-corrected chi connectivity index (χ2v) is 5.48. The normalized spacial score (nSPS) is 10.8. The van der Waals surface area contributed by atoms with Crippen molar-refractivity contribution in [2.45, 2.75) is 59.4 Å². The molecule has 0 aliphatic carbocycles. The molecule has 3 nitrogen and oxygen atoms in total. The molecule has 1 aromatic heterocycles. The van der Waals surface area contributed by atoms with Gasteiger partial charge in [0.2, 0.25) is 0 Å². The van der Waals surface area contributed by atoms with Crippen LogP contribution in [0.5, 0.6) is 0 Å². The van der Waals surface area contributed by atoms with Gasteiger partial charge in [-0.15, -0.1) is 0 Å². The van der Waals surface area contributed by atoms with E-state index in [4.69, 9.17) is 4.98 Å². The summed E-state index contributed by atoms with van der Waals surface area (Å²) in [6.07, 6.45) is 5.98. The van der Waals surface area contributed by atoms with E-state index in [1.165, 1.54) is 36.9 Å². The van der Waals surface area contributed by atoms with Crippen LogP contribution in [-0.4, -0.2) is 25.1 Å². The van der Waals surface area contributed by atoms with Crippen molar-refractivity contribution < 1.29 is 0 Å². The van der Waals surface area contributed by atoms with E-state index in [1.54, 1.807) is 0 Å². The van der Waals surface area contributed by atoms with Crippen LogP contribution in [0, 0.1) is 0 Å². The van der Waals surface area contributed by atoms with Gasteiger partial charge in [-0.25, -0.2) is 4.98 Å². The second kappa shape index (κ2) is 9.76. The van der Waals surface area contributed by atoms with Crippen LogP contribution in [0.15, 0.2) is 12.1 Å². The van der Waals surface area contributed by atoms with Crippen LogP contribution in [0.4, 0.5) is 5.82 Å². The molecule has 1 heterocycles. The first-order chi connectivity index (χ1) is 9.71. The second-order valence-electron chi connectivity index (χ2n) is 5.48. The van der Waals surface area contributed by atoms with Gasteiger partial charge in [0.1, 0.15) is 5.82 Å². The lowest BCUT2D eigenvalue weighted by atomic mass is 10.1. The van der Waals surface area contributed by atoms with E-state index < -0.39 is 0 Å². The standard InChI is InChI=1S/C17H31N3/c1-5-8-9-11-20(4)17-13-15(14-18-10-6-2)12-16(7-3)19-17/h12-13,18H,5-11,14H2,1-4H3. The molecule has 0 fully saturated rings. The molecule has 1 rings (SSSR count). The first-order valence-electron chi connectivity index (χ1n) is 8.12. The predicted molar refractivity (Wildman–Crippen MR) is 88.4 cm³/mol. The average Bonchev–Trinajstić information content (AvgIpc) is 2.47. The third-order valence-corrected chi connectivity index (χ3v) is 3.53. The zero-order valence-electron chi connectivity index (χ0n) is 13.7. The third-order valence-electron chi connectivity index (χ3n) is 3.53. The van der Waals surface area contributed by atoms with Gasteiger partial charge in [0.05, 0.1) is 0 Å². The van der Waals surface area contributed by atoms with E-state index in [-0.39, 0.29) is 0 Å². The summed E-state index contributed by atoms with van der Waals surface area (Å²) < 4.78 is 0. The van der Waals surface area contributed by atoms with Crippen molar-refractivity contribution in [1.29, 1.82) is 0 Å². The lowest BCUT2D eigenvalue weighted by Crippen LogP contribution is -2.21. The maximum atomic E-state index is 4.76. The number of aromatic nitrogens is 1. The number of unbranched alkanes of at least 4 members (excludes halogenated alkanes) is 2. The molecule has 0 amide bonds. The fourth-order valence-electron chi connectivity index (χ4n) is 2.23. The Bertz CT molecular complexity index is 376. The zero-order chi connectivity index (χ0) is 14.8. The number of nitrogens with zero attached hydrogens (tertiary/aromatic N) is 2. The topological polar surface area (TPSA) is 28.2 Å². The van der Waals surface area contributed by atoms with Gasteiger partial charge in [-0.2, -0.15) is 0 Å². The molecule has 0 atom stereocenters. The van der Waals surface area contributed by atoms with E-state index in [0.29, 0.717) is 0 Å². The summed E-state index contributed by atoms with van der Waals surface area (Å²) in [5, 5.41) is 3.47. The van der Waals surface area contributed by atoms with Crippen molar-refractivity contribution in [3.8, 4) is 0 Å². The molecule has 0 radical (unpaired) electrons. The highest BCUT2D eigenvalue weighted by atomic mass is 15.2. The van der Waals surface area contributed by atoms with Crippen LogP contribution in [0.3, 0.4) is 0 Å². The third kappa shape index (κ3) is 5.91. The number of rotatable bonds is 10. The number of anilines is 1. The van der Waals surface area contributed by atoms with Crippen LogP contribution in [0.1, 0.15) is 57.7 Å². The zero-order valence-corrected chi connectivity index (χ0v) is 13.7. The molecule has 1 aromatic rings. The van der Waals surface area contributed by atoms with Crippen LogP contribution in [0.25, 0.3) is 0 Å². The van der Waals surface area contributed by atoms with Gasteiger partial charge >= 0.3 is 0 Å². The summed E-state index contributed by atoms with van der Waals surface area (Å²) >= 11 is 0. The summed E-state index contributed by atoms with van der Waals surface area (Å²) in [5.41, 5.74) is 2.54. The van der Waals surface area contributed by atoms with Crippen molar-refractivity contribution in [2.75, 3.05) is 25.0 Å². The van der Waals surface area contributed by atoms with Crippen LogP contribution in [0.2, 0.25) is 0 Å². The first-order valence-corrected chi connectivity index (χ1v) is 8.12. The molecule has 0 saturated heterocycles. The molecule has 1 N–H and O–H groups in total. The quantitative estimate of drug-likeness (QED) is 0.660. The van der Waals surface area contributed by atoms with Gasteiger partial charge in [0, 0.05) is 25.8 Å². The van der Waals surface area contributed by atoms with Crippen molar-refractivity contribution >= 4 is 5.82 Å². The van der Waals surface area contributed by atoms with E-state index in [2.05, 4.69) is 50.2 Å². The monoisotopic (exact) mass is 277 g/mol. The molecule has 0 aliphatic rings. The first kappa shape index (κ1) is 17.0. The van der Waals surface area contributed by atoms with Crippen LogP contribution < -0.4 is 10.2 Å². The lowest BCUT2D eigenvalue weighted by Gasteiger charge is -2.20. The highest BCUT2D eigenvalue weighted by Gasteiger charge is 2.06. The Balaban J connectivity index is 2.70. The molecule has 0 aromatic carbocycles. The maximum Gasteiger partial charge on any atom is 0.128 e. The number of aryl methyl sites for hydroxylation is 1. The molecular weight excluding hydrogens is 246 g/mol. The minimum atomic E-state index is 0.944. The predicted octanol–water partition coefficient (Wildman–Crippen LogP) is 3.77. The molecule has 0 saturated carbocycles. The molecular formula is C17H31N3. The summed E-state index contributed by atoms with van der Waals surface area (Å²) in [6, 6.07) is 4.46. The highest BCUT2D eigenvalue weighted by molar-refractivity contribution is 5.42. The van der Waals surface area contributed by atoms with Gasteiger partial charge in [-0.1, -0.05) is 33.6 Å². The fraction of sp³-hybridized carbons (Fsp3) is 0.706. The van der Waals surface area contributed by atoms with Gasteiger partial charge in [-0.05, 0) is 43.5 Å². The Labute approximate surface area is 124 Å². The summed E-state index contributed by atoms with van der Waals surface area (Å²) in [6.45, 7) is 9.73. The Kier molecular flexibility index (Phi) is 8.28. The molecule has 20 heavy (non-hydrogen) atoms. The molecule has 114 valence electrons. The molecule has 3 heteroatoms. The largest absolute Gasteiger partial charge is 0.360 e.